The van der Waals surface area contributed by atoms with E-state index in [2.05, 4.69) is 43.1 Å². The summed E-state index contributed by atoms with van der Waals surface area (Å²) in [5.41, 5.74) is 1.25. The fraction of sp³-hybridized carbons (Fsp3) is 0.647. The van der Waals surface area contributed by atoms with Crippen LogP contribution in [0.3, 0.4) is 0 Å². The van der Waals surface area contributed by atoms with E-state index in [-0.39, 0.29) is 0 Å². The second-order valence-electron chi connectivity index (χ2n) is 5.59. The molecule has 1 heterocycles. The van der Waals surface area contributed by atoms with Crippen molar-refractivity contribution in [1.29, 1.82) is 0 Å². The second-order valence-corrected chi connectivity index (χ2v) is 5.59. The van der Waals surface area contributed by atoms with Crippen LogP contribution in [0.15, 0.2) is 18.2 Å². The first-order valence-electron chi connectivity index (χ1n) is 8.00. The Morgan fingerprint density at radius 1 is 1.19 bits per heavy atom. The number of benzene rings is 1. The van der Waals surface area contributed by atoms with Crippen molar-refractivity contribution in [1.82, 2.24) is 10.2 Å². The summed E-state index contributed by atoms with van der Waals surface area (Å²) in [4.78, 5) is 2.51. The van der Waals surface area contributed by atoms with Crippen LogP contribution in [-0.4, -0.2) is 44.3 Å². The Morgan fingerprint density at radius 3 is 2.52 bits per heavy atom. The maximum absolute atomic E-state index is 5.69. The van der Waals surface area contributed by atoms with E-state index < -0.39 is 0 Å². The number of rotatable bonds is 7. The number of nitrogens with one attached hydrogen (secondary N) is 1. The van der Waals surface area contributed by atoms with Crippen molar-refractivity contribution < 1.29 is 9.47 Å². The first-order valence-corrected chi connectivity index (χ1v) is 8.00. The van der Waals surface area contributed by atoms with Gasteiger partial charge in [0.1, 0.15) is 13.2 Å². The van der Waals surface area contributed by atoms with Crippen molar-refractivity contribution in [2.75, 3.05) is 33.4 Å². The summed E-state index contributed by atoms with van der Waals surface area (Å²) >= 11 is 0. The molecule has 2 atom stereocenters. The van der Waals surface area contributed by atoms with Gasteiger partial charge in [0.05, 0.1) is 0 Å². The molecule has 2 unspecified atom stereocenters. The highest BCUT2D eigenvalue weighted by Gasteiger charge is 2.19. The number of hydrogen-bond donors (Lipinski definition) is 1. The lowest BCUT2D eigenvalue weighted by molar-refractivity contribution is 0.170. The minimum atomic E-state index is 0.301. The summed E-state index contributed by atoms with van der Waals surface area (Å²) in [5.74, 6) is 1.72. The summed E-state index contributed by atoms with van der Waals surface area (Å²) in [7, 11) is 2.02. The maximum Gasteiger partial charge on any atom is 0.161 e. The summed E-state index contributed by atoms with van der Waals surface area (Å²) in [6, 6.07) is 7.17. The fourth-order valence-corrected chi connectivity index (χ4v) is 2.75. The maximum atomic E-state index is 5.69. The minimum Gasteiger partial charge on any atom is -0.486 e. The molecule has 0 fully saturated rings. The first kappa shape index (κ1) is 16.1. The van der Waals surface area contributed by atoms with E-state index in [4.69, 9.17) is 9.47 Å². The third-order valence-corrected chi connectivity index (χ3v) is 4.35. The molecule has 4 heteroatoms. The SMILES string of the molecule is CCC(C)N(CC)CC(NC)c1ccc2c(c1)OCCO2. The van der Waals surface area contributed by atoms with Gasteiger partial charge >= 0.3 is 0 Å². The number of ether oxygens (including phenoxy) is 2. The third kappa shape index (κ3) is 3.89. The number of likely N-dealkylation sites (N-methyl/N-ethyl adjacent to an activating group) is 2. The van der Waals surface area contributed by atoms with Crippen LogP contribution in [0, 0.1) is 0 Å². The molecule has 1 aliphatic heterocycles. The molecular weight excluding hydrogens is 264 g/mol. The highest BCUT2D eigenvalue weighted by Crippen LogP contribution is 2.32. The zero-order chi connectivity index (χ0) is 15.2. The lowest BCUT2D eigenvalue weighted by Gasteiger charge is -2.31. The molecule has 0 amide bonds. The molecule has 118 valence electrons. The first-order chi connectivity index (χ1) is 10.2. The molecule has 4 nitrogen and oxygen atoms in total. The standard InChI is InChI=1S/C17H28N2O2/c1-5-13(3)19(6-2)12-15(18-4)14-7-8-16-17(11-14)21-10-9-20-16/h7-8,11,13,15,18H,5-6,9-10,12H2,1-4H3. The van der Waals surface area contributed by atoms with Gasteiger partial charge in [-0.3, -0.25) is 4.90 Å². The van der Waals surface area contributed by atoms with Crippen LogP contribution in [0.25, 0.3) is 0 Å². The number of nitrogens with zero attached hydrogens (tertiary/aromatic N) is 1. The van der Waals surface area contributed by atoms with E-state index in [0.717, 1.165) is 24.6 Å². The summed E-state index contributed by atoms with van der Waals surface area (Å²) in [5, 5.41) is 3.43. The van der Waals surface area contributed by atoms with E-state index in [1.807, 2.05) is 13.1 Å². The lowest BCUT2D eigenvalue weighted by atomic mass is 10.0. The van der Waals surface area contributed by atoms with Crippen LogP contribution in [-0.2, 0) is 0 Å². The minimum absolute atomic E-state index is 0.301. The van der Waals surface area contributed by atoms with Crippen molar-refractivity contribution in [3.63, 3.8) is 0 Å². The zero-order valence-electron chi connectivity index (χ0n) is 13.7. The van der Waals surface area contributed by atoms with Gasteiger partial charge in [-0.2, -0.15) is 0 Å². The van der Waals surface area contributed by atoms with Gasteiger partial charge < -0.3 is 14.8 Å². The average Bonchev–Trinajstić information content (AvgIpc) is 2.55. The average molecular weight is 292 g/mol. The molecule has 1 aromatic rings. The van der Waals surface area contributed by atoms with Crippen molar-refractivity contribution in [3.05, 3.63) is 23.8 Å². The third-order valence-electron chi connectivity index (χ3n) is 4.35. The summed E-state index contributed by atoms with van der Waals surface area (Å²) in [6.07, 6.45) is 1.17. The Morgan fingerprint density at radius 2 is 1.90 bits per heavy atom. The van der Waals surface area contributed by atoms with Crippen LogP contribution >= 0.6 is 0 Å². The zero-order valence-corrected chi connectivity index (χ0v) is 13.7. The molecule has 2 rings (SSSR count). The molecular formula is C17H28N2O2. The molecule has 0 saturated heterocycles. The number of hydrogen-bond acceptors (Lipinski definition) is 4. The van der Waals surface area contributed by atoms with Crippen LogP contribution in [0.1, 0.15) is 38.8 Å². The van der Waals surface area contributed by atoms with E-state index >= 15 is 0 Å². The molecule has 21 heavy (non-hydrogen) atoms. The van der Waals surface area contributed by atoms with Crippen molar-refractivity contribution >= 4 is 0 Å². The van der Waals surface area contributed by atoms with Gasteiger partial charge in [-0.05, 0) is 44.6 Å². The Kier molecular flexibility index (Phi) is 5.88. The predicted molar refractivity (Wildman–Crippen MR) is 86.2 cm³/mol. The van der Waals surface area contributed by atoms with E-state index in [0.29, 0.717) is 25.3 Å². The van der Waals surface area contributed by atoms with Gasteiger partial charge in [-0.15, -0.1) is 0 Å². The summed E-state index contributed by atoms with van der Waals surface area (Å²) in [6.45, 7) is 10.1. The Balaban J connectivity index is 2.13. The van der Waals surface area contributed by atoms with Crippen LogP contribution in [0.5, 0.6) is 11.5 Å². The molecule has 1 aromatic carbocycles. The molecule has 0 bridgehead atoms. The van der Waals surface area contributed by atoms with Gasteiger partial charge in [0.25, 0.3) is 0 Å². The molecule has 0 spiro atoms. The van der Waals surface area contributed by atoms with Crippen molar-refractivity contribution in [2.24, 2.45) is 0 Å². The van der Waals surface area contributed by atoms with E-state index in [1.54, 1.807) is 0 Å². The highest BCUT2D eigenvalue weighted by molar-refractivity contribution is 5.44. The van der Waals surface area contributed by atoms with Crippen LogP contribution in [0.4, 0.5) is 0 Å². The monoisotopic (exact) mass is 292 g/mol. The van der Waals surface area contributed by atoms with Crippen LogP contribution < -0.4 is 14.8 Å². The predicted octanol–water partition coefficient (Wildman–Crippen LogP) is 2.84. The summed E-state index contributed by atoms with van der Waals surface area (Å²) < 4.78 is 11.3. The van der Waals surface area contributed by atoms with Gasteiger partial charge in [0, 0.05) is 18.6 Å². The van der Waals surface area contributed by atoms with Crippen molar-refractivity contribution in [2.45, 2.75) is 39.3 Å². The smallest absolute Gasteiger partial charge is 0.161 e. The van der Waals surface area contributed by atoms with Gasteiger partial charge in [-0.1, -0.05) is 19.9 Å². The molecule has 0 saturated carbocycles. The molecule has 1 aliphatic rings. The fourth-order valence-electron chi connectivity index (χ4n) is 2.75. The highest BCUT2D eigenvalue weighted by atomic mass is 16.6. The molecule has 0 aromatic heterocycles. The Labute approximate surface area is 128 Å². The van der Waals surface area contributed by atoms with Gasteiger partial charge in [0.2, 0.25) is 0 Å². The quantitative estimate of drug-likeness (QED) is 0.838. The van der Waals surface area contributed by atoms with Gasteiger partial charge in [-0.25, -0.2) is 0 Å². The Hall–Kier alpha value is -1.26. The number of fused-ring (bicyclic) bond motifs is 1. The second kappa shape index (κ2) is 7.66. The lowest BCUT2D eigenvalue weighted by Crippen LogP contribution is -2.39. The molecule has 1 N–H and O–H groups in total. The van der Waals surface area contributed by atoms with Gasteiger partial charge in [0.15, 0.2) is 11.5 Å². The van der Waals surface area contributed by atoms with E-state index in [9.17, 15) is 0 Å². The molecule has 0 radical (unpaired) electrons. The van der Waals surface area contributed by atoms with Crippen LogP contribution in [0.2, 0.25) is 0 Å². The molecule has 0 aliphatic carbocycles. The normalized spacial score (nSPS) is 16.8. The topological polar surface area (TPSA) is 33.7 Å². The largest absolute Gasteiger partial charge is 0.486 e. The van der Waals surface area contributed by atoms with E-state index in [1.165, 1.54) is 12.0 Å². The van der Waals surface area contributed by atoms with Crippen molar-refractivity contribution in [3.8, 4) is 11.5 Å². The Bertz CT molecular complexity index is 450.